The van der Waals surface area contributed by atoms with E-state index >= 15 is 0 Å². The van der Waals surface area contributed by atoms with E-state index in [0.717, 1.165) is 10.7 Å². The molecule has 1 aromatic rings. The molecule has 9 heteroatoms. The van der Waals surface area contributed by atoms with Crippen LogP contribution in [0.15, 0.2) is 12.1 Å². The summed E-state index contributed by atoms with van der Waals surface area (Å²) in [6, 6.07) is 2.68. The van der Waals surface area contributed by atoms with Crippen molar-refractivity contribution in [2.24, 2.45) is 0 Å². The molecule has 2 aliphatic rings. The van der Waals surface area contributed by atoms with Crippen LogP contribution < -0.4 is 18.5 Å². The second-order valence-corrected chi connectivity index (χ2v) is 7.50. The minimum atomic E-state index is -3.93. The Morgan fingerprint density at radius 1 is 1.33 bits per heavy atom. The molecular formula is C15H20N2O6S. The van der Waals surface area contributed by atoms with Gasteiger partial charge < -0.3 is 14.2 Å². The molecule has 1 amide bonds. The van der Waals surface area contributed by atoms with Crippen molar-refractivity contribution in [3.8, 4) is 11.5 Å². The molecule has 0 aromatic heterocycles. The van der Waals surface area contributed by atoms with Gasteiger partial charge in [0.2, 0.25) is 0 Å². The molecule has 0 saturated carbocycles. The number of benzene rings is 1. The summed E-state index contributed by atoms with van der Waals surface area (Å²) in [5.74, 6) is 0.0816. The van der Waals surface area contributed by atoms with Gasteiger partial charge in [-0.05, 0) is 19.9 Å². The maximum Gasteiger partial charge on any atom is 0.326 e. The molecule has 2 heterocycles. The van der Waals surface area contributed by atoms with Gasteiger partial charge in [-0.3, -0.25) is 4.79 Å². The van der Waals surface area contributed by atoms with Crippen molar-refractivity contribution in [1.82, 2.24) is 4.72 Å². The van der Waals surface area contributed by atoms with E-state index in [0.29, 0.717) is 24.7 Å². The van der Waals surface area contributed by atoms with Gasteiger partial charge in [-0.15, -0.1) is 0 Å². The molecule has 8 nitrogen and oxygen atoms in total. The van der Waals surface area contributed by atoms with Crippen LogP contribution in [0.1, 0.15) is 30.6 Å². The number of fused-ring (bicyclic) bond motifs is 1. The summed E-state index contributed by atoms with van der Waals surface area (Å²) in [4.78, 5) is 12.2. The average molecular weight is 356 g/mol. The standard InChI is InChI=1S/C15H20N2O6S/c1-9(2)17-12-7-13(21-3)14(23-10-4-5-22-8-10)6-11(12)15(18)16-24(17,19)20/h6-7,9-10H,4-5,8H2,1-3H3,(H,16,18)/t10-/m0/s1. The highest BCUT2D eigenvalue weighted by Crippen LogP contribution is 2.39. The minimum Gasteiger partial charge on any atom is -0.493 e. The number of carbonyl (C=O) groups excluding carboxylic acids is 1. The highest BCUT2D eigenvalue weighted by molar-refractivity contribution is 7.91. The topological polar surface area (TPSA) is 94.2 Å². The van der Waals surface area contributed by atoms with Crippen LogP contribution >= 0.6 is 0 Å². The molecule has 0 spiro atoms. The van der Waals surface area contributed by atoms with Crippen LogP contribution in [0.25, 0.3) is 0 Å². The number of anilines is 1. The van der Waals surface area contributed by atoms with E-state index in [2.05, 4.69) is 0 Å². The van der Waals surface area contributed by atoms with Gasteiger partial charge in [0, 0.05) is 18.5 Å². The number of rotatable bonds is 4. The van der Waals surface area contributed by atoms with Gasteiger partial charge in [0.1, 0.15) is 6.10 Å². The van der Waals surface area contributed by atoms with E-state index in [-0.39, 0.29) is 23.4 Å². The quantitative estimate of drug-likeness (QED) is 0.867. The Labute approximate surface area is 140 Å². The van der Waals surface area contributed by atoms with Crippen LogP contribution in [-0.2, 0) is 14.9 Å². The first-order valence-corrected chi connectivity index (χ1v) is 9.10. The van der Waals surface area contributed by atoms with Crippen LogP contribution in [0.4, 0.5) is 5.69 Å². The molecule has 0 unspecified atom stereocenters. The minimum absolute atomic E-state index is 0.117. The Bertz CT molecular complexity index is 755. The van der Waals surface area contributed by atoms with E-state index in [1.54, 1.807) is 13.8 Å². The number of nitrogens with one attached hydrogen (secondary N) is 1. The third-order valence-electron chi connectivity index (χ3n) is 3.90. The van der Waals surface area contributed by atoms with Crippen molar-refractivity contribution in [2.45, 2.75) is 32.4 Å². The number of hydrogen-bond acceptors (Lipinski definition) is 6. The van der Waals surface area contributed by atoms with E-state index in [1.165, 1.54) is 19.2 Å². The lowest BCUT2D eigenvalue weighted by Gasteiger charge is -2.33. The molecule has 0 radical (unpaired) electrons. The maximum atomic E-state index is 12.3. The predicted molar refractivity (Wildman–Crippen MR) is 86.8 cm³/mol. The van der Waals surface area contributed by atoms with E-state index in [1.807, 2.05) is 4.72 Å². The summed E-state index contributed by atoms with van der Waals surface area (Å²) in [6.07, 6.45) is 0.632. The summed E-state index contributed by atoms with van der Waals surface area (Å²) < 4.78 is 44.2. The third-order valence-corrected chi connectivity index (χ3v) is 5.47. The van der Waals surface area contributed by atoms with Crippen LogP contribution in [-0.4, -0.2) is 46.8 Å². The van der Waals surface area contributed by atoms with Crippen molar-refractivity contribution < 1.29 is 27.4 Å². The van der Waals surface area contributed by atoms with Crippen molar-refractivity contribution in [3.63, 3.8) is 0 Å². The summed E-state index contributed by atoms with van der Waals surface area (Å²) >= 11 is 0. The Kier molecular flexibility index (Phi) is 4.31. The first kappa shape index (κ1) is 16.8. The molecule has 1 saturated heterocycles. The fourth-order valence-electron chi connectivity index (χ4n) is 2.86. The number of amides is 1. The smallest absolute Gasteiger partial charge is 0.326 e. The molecule has 0 bridgehead atoms. The first-order valence-electron chi connectivity index (χ1n) is 7.66. The number of nitrogens with zero attached hydrogens (tertiary/aromatic N) is 1. The van der Waals surface area contributed by atoms with Gasteiger partial charge in [-0.2, -0.15) is 8.42 Å². The van der Waals surface area contributed by atoms with Crippen LogP contribution in [0.5, 0.6) is 11.5 Å². The monoisotopic (exact) mass is 356 g/mol. The first-order chi connectivity index (χ1) is 11.3. The zero-order chi connectivity index (χ0) is 17.5. The Morgan fingerprint density at radius 2 is 2.08 bits per heavy atom. The van der Waals surface area contributed by atoms with Crippen molar-refractivity contribution in [3.05, 3.63) is 17.7 Å². The average Bonchev–Trinajstić information content (AvgIpc) is 2.99. The number of ether oxygens (including phenoxy) is 3. The lowest BCUT2D eigenvalue weighted by Crippen LogP contribution is -2.51. The number of methoxy groups -OCH3 is 1. The number of hydrogen-bond donors (Lipinski definition) is 1. The summed E-state index contributed by atoms with van der Waals surface area (Å²) in [5, 5.41) is 0. The number of carbonyl (C=O) groups is 1. The molecular weight excluding hydrogens is 336 g/mol. The van der Waals surface area contributed by atoms with E-state index in [9.17, 15) is 13.2 Å². The fraction of sp³-hybridized carbons (Fsp3) is 0.533. The molecule has 0 aliphatic carbocycles. The lowest BCUT2D eigenvalue weighted by molar-refractivity contribution is 0.0978. The van der Waals surface area contributed by atoms with Gasteiger partial charge in [-0.25, -0.2) is 9.03 Å². The highest BCUT2D eigenvalue weighted by atomic mass is 32.2. The second-order valence-electron chi connectivity index (χ2n) is 5.95. The molecule has 3 rings (SSSR count). The van der Waals surface area contributed by atoms with E-state index in [4.69, 9.17) is 14.2 Å². The molecule has 132 valence electrons. The Balaban J connectivity index is 2.08. The SMILES string of the molecule is COc1cc2c(cc1O[C@H]1CCOC1)C(=O)NS(=O)(=O)N2C(C)C. The van der Waals surface area contributed by atoms with Crippen LogP contribution in [0, 0.1) is 0 Å². The highest BCUT2D eigenvalue weighted by Gasteiger charge is 2.37. The largest absolute Gasteiger partial charge is 0.493 e. The fourth-order valence-corrected chi connectivity index (χ4v) is 4.26. The van der Waals surface area contributed by atoms with E-state index < -0.39 is 16.1 Å². The van der Waals surface area contributed by atoms with Gasteiger partial charge >= 0.3 is 10.2 Å². The summed E-state index contributed by atoms with van der Waals surface area (Å²) in [6.45, 7) is 4.55. The van der Waals surface area contributed by atoms with Crippen LogP contribution in [0.2, 0.25) is 0 Å². The van der Waals surface area contributed by atoms with Gasteiger partial charge in [0.15, 0.2) is 11.5 Å². The predicted octanol–water partition coefficient (Wildman–Crippen LogP) is 1.07. The van der Waals surface area contributed by atoms with Crippen molar-refractivity contribution >= 4 is 21.8 Å². The molecule has 24 heavy (non-hydrogen) atoms. The van der Waals surface area contributed by atoms with Crippen LogP contribution in [0.3, 0.4) is 0 Å². The van der Waals surface area contributed by atoms with Gasteiger partial charge in [0.25, 0.3) is 5.91 Å². The lowest BCUT2D eigenvalue weighted by atomic mass is 10.1. The zero-order valence-electron chi connectivity index (χ0n) is 13.7. The van der Waals surface area contributed by atoms with Gasteiger partial charge in [0.05, 0.1) is 31.6 Å². The van der Waals surface area contributed by atoms with Crippen molar-refractivity contribution in [1.29, 1.82) is 0 Å². The zero-order valence-corrected chi connectivity index (χ0v) is 14.6. The van der Waals surface area contributed by atoms with Gasteiger partial charge in [-0.1, -0.05) is 0 Å². The molecule has 1 atom stereocenters. The summed E-state index contributed by atoms with van der Waals surface area (Å²) in [7, 11) is -2.46. The molecule has 2 aliphatic heterocycles. The normalized spacial score (nSPS) is 22.2. The second kappa shape index (κ2) is 6.14. The van der Waals surface area contributed by atoms with Crippen molar-refractivity contribution in [2.75, 3.05) is 24.6 Å². The Hall–Kier alpha value is -2.00. The molecule has 1 aromatic carbocycles. The molecule has 1 N–H and O–H groups in total. The summed E-state index contributed by atoms with van der Waals surface area (Å²) in [5.41, 5.74) is 0.508. The maximum absolute atomic E-state index is 12.3. The third kappa shape index (κ3) is 2.89. The Morgan fingerprint density at radius 3 is 2.67 bits per heavy atom. The molecule has 1 fully saturated rings.